The van der Waals surface area contributed by atoms with E-state index in [1.165, 1.54) is 19.6 Å². The average Bonchev–Trinajstić information content (AvgIpc) is 2.59. The van der Waals surface area contributed by atoms with Crippen molar-refractivity contribution in [1.82, 2.24) is 4.90 Å². The summed E-state index contributed by atoms with van der Waals surface area (Å²) in [6, 6.07) is 3.35. The third-order valence-corrected chi connectivity index (χ3v) is 4.56. The van der Waals surface area contributed by atoms with Gasteiger partial charge in [-0.05, 0) is 25.0 Å². The Morgan fingerprint density at radius 1 is 1.29 bits per heavy atom. The predicted molar refractivity (Wildman–Crippen MR) is 91.7 cm³/mol. The van der Waals surface area contributed by atoms with E-state index in [2.05, 4.69) is 0 Å². The summed E-state index contributed by atoms with van der Waals surface area (Å²) in [5.41, 5.74) is 5.50. The van der Waals surface area contributed by atoms with Gasteiger partial charge in [0.25, 0.3) is 11.8 Å². The van der Waals surface area contributed by atoms with Gasteiger partial charge in [-0.1, -0.05) is 30.9 Å². The lowest BCUT2D eigenvalue weighted by molar-refractivity contribution is -0.119. The van der Waals surface area contributed by atoms with Gasteiger partial charge in [-0.3, -0.25) is 9.59 Å². The smallest absolute Gasteiger partial charge is 0.255 e. The maximum atomic E-state index is 12.7. The molecule has 0 bridgehead atoms. The SMILES string of the molecule is COc1cc(C(=O)N(C)C2CCCCC2)cc(Cl)c1OCC(N)=O. The van der Waals surface area contributed by atoms with Crippen molar-refractivity contribution in [1.29, 1.82) is 0 Å². The van der Waals surface area contributed by atoms with E-state index in [1.807, 2.05) is 7.05 Å². The molecule has 0 radical (unpaired) electrons. The van der Waals surface area contributed by atoms with Gasteiger partial charge in [-0.25, -0.2) is 0 Å². The number of ether oxygens (including phenoxy) is 2. The lowest BCUT2D eigenvalue weighted by atomic mass is 9.94. The van der Waals surface area contributed by atoms with E-state index in [0.717, 1.165) is 25.7 Å². The quantitative estimate of drug-likeness (QED) is 0.851. The van der Waals surface area contributed by atoms with Crippen LogP contribution >= 0.6 is 11.6 Å². The van der Waals surface area contributed by atoms with Crippen LogP contribution in [0, 0.1) is 0 Å². The highest BCUT2D eigenvalue weighted by Crippen LogP contribution is 2.37. The average molecular weight is 355 g/mol. The number of nitrogens with zero attached hydrogens (tertiary/aromatic N) is 1. The number of primary amides is 1. The summed E-state index contributed by atoms with van der Waals surface area (Å²) >= 11 is 6.20. The second-order valence-electron chi connectivity index (χ2n) is 5.95. The van der Waals surface area contributed by atoms with Crippen LogP contribution in [0.25, 0.3) is 0 Å². The highest BCUT2D eigenvalue weighted by molar-refractivity contribution is 6.32. The van der Waals surface area contributed by atoms with Crippen LogP contribution < -0.4 is 15.2 Å². The minimum Gasteiger partial charge on any atom is -0.493 e. The van der Waals surface area contributed by atoms with Crippen molar-refractivity contribution in [2.24, 2.45) is 5.73 Å². The van der Waals surface area contributed by atoms with Crippen LogP contribution in [-0.2, 0) is 4.79 Å². The van der Waals surface area contributed by atoms with E-state index in [-0.39, 0.29) is 29.3 Å². The largest absolute Gasteiger partial charge is 0.493 e. The van der Waals surface area contributed by atoms with Gasteiger partial charge in [0.15, 0.2) is 18.1 Å². The highest BCUT2D eigenvalue weighted by Gasteiger charge is 2.25. The van der Waals surface area contributed by atoms with Crippen LogP contribution in [0.1, 0.15) is 42.5 Å². The summed E-state index contributed by atoms with van der Waals surface area (Å²) in [5.74, 6) is -0.229. The molecule has 2 amide bonds. The Morgan fingerprint density at radius 3 is 2.54 bits per heavy atom. The van der Waals surface area contributed by atoms with Crippen LogP contribution in [0.5, 0.6) is 11.5 Å². The molecule has 1 aliphatic rings. The molecule has 0 unspecified atom stereocenters. The Morgan fingerprint density at radius 2 is 1.96 bits per heavy atom. The molecule has 0 atom stereocenters. The summed E-state index contributed by atoms with van der Waals surface area (Å²) in [5, 5.41) is 0.205. The van der Waals surface area contributed by atoms with Crippen LogP contribution in [-0.4, -0.2) is 43.5 Å². The molecule has 2 N–H and O–H groups in total. The number of hydrogen-bond donors (Lipinski definition) is 1. The molecule has 132 valence electrons. The number of benzene rings is 1. The molecule has 1 fully saturated rings. The molecule has 0 aromatic heterocycles. The summed E-state index contributed by atoms with van der Waals surface area (Å²) in [6.07, 6.45) is 5.56. The molecule has 1 aromatic carbocycles. The van der Waals surface area contributed by atoms with Gasteiger partial charge in [-0.15, -0.1) is 0 Å². The maximum absolute atomic E-state index is 12.7. The molecule has 0 heterocycles. The number of carbonyl (C=O) groups is 2. The topological polar surface area (TPSA) is 81.9 Å². The lowest BCUT2D eigenvalue weighted by Crippen LogP contribution is -2.38. The lowest BCUT2D eigenvalue weighted by Gasteiger charge is -2.31. The van der Waals surface area contributed by atoms with Crippen LogP contribution in [0.4, 0.5) is 0 Å². The second-order valence-corrected chi connectivity index (χ2v) is 6.36. The van der Waals surface area contributed by atoms with E-state index in [1.54, 1.807) is 11.0 Å². The van der Waals surface area contributed by atoms with Gasteiger partial charge in [0.05, 0.1) is 12.1 Å². The van der Waals surface area contributed by atoms with Gasteiger partial charge in [-0.2, -0.15) is 0 Å². The molecule has 2 rings (SSSR count). The van der Waals surface area contributed by atoms with E-state index in [0.29, 0.717) is 11.3 Å². The summed E-state index contributed by atoms with van der Waals surface area (Å²) in [7, 11) is 3.26. The monoisotopic (exact) mass is 354 g/mol. The second kappa shape index (κ2) is 8.24. The third-order valence-electron chi connectivity index (χ3n) is 4.28. The Kier molecular flexibility index (Phi) is 6.31. The maximum Gasteiger partial charge on any atom is 0.255 e. The van der Waals surface area contributed by atoms with Gasteiger partial charge < -0.3 is 20.1 Å². The van der Waals surface area contributed by atoms with E-state index >= 15 is 0 Å². The number of carbonyl (C=O) groups excluding carboxylic acids is 2. The van der Waals surface area contributed by atoms with Gasteiger partial charge in [0.2, 0.25) is 0 Å². The first-order chi connectivity index (χ1) is 11.4. The summed E-state index contributed by atoms with van der Waals surface area (Å²) in [4.78, 5) is 25.4. The van der Waals surface area contributed by atoms with Crippen molar-refractivity contribution >= 4 is 23.4 Å². The predicted octanol–water partition coefficient (Wildman–Crippen LogP) is 2.62. The third kappa shape index (κ3) is 4.32. The molecular weight excluding hydrogens is 332 g/mol. The Bertz CT molecular complexity index is 615. The number of nitrogens with two attached hydrogens (primary N) is 1. The highest BCUT2D eigenvalue weighted by atomic mass is 35.5. The van der Waals surface area contributed by atoms with Crippen LogP contribution in [0.15, 0.2) is 12.1 Å². The molecule has 6 nitrogen and oxygen atoms in total. The van der Waals surface area contributed by atoms with Crippen molar-refractivity contribution in [2.45, 2.75) is 38.1 Å². The van der Waals surface area contributed by atoms with Crippen LogP contribution in [0.3, 0.4) is 0 Å². The van der Waals surface area contributed by atoms with E-state index in [9.17, 15) is 9.59 Å². The fourth-order valence-corrected chi connectivity index (χ4v) is 3.23. The summed E-state index contributed by atoms with van der Waals surface area (Å²) < 4.78 is 10.5. The number of amides is 2. The first-order valence-corrected chi connectivity index (χ1v) is 8.37. The molecule has 1 aliphatic carbocycles. The molecule has 0 aliphatic heterocycles. The van der Waals surface area contributed by atoms with Crippen molar-refractivity contribution in [3.8, 4) is 11.5 Å². The molecule has 24 heavy (non-hydrogen) atoms. The van der Waals surface area contributed by atoms with Gasteiger partial charge in [0.1, 0.15) is 0 Å². The zero-order chi connectivity index (χ0) is 17.7. The standard InChI is InChI=1S/C17H23ClN2O4/c1-20(12-6-4-3-5-7-12)17(22)11-8-13(18)16(14(9-11)23-2)24-10-15(19)21/h8-9,12H,3-7,10H2,1-2H3,(H2,19,21). The number of rotatable bonds is 6. The van der Waals surface area contributed by atoms with Crippen molar-refractivity contribution < 1.29 is 19.1 Å². The zero-order valence-corrected chi connectivity index (χ0v) is 14.8. The van der Waals surface area contributed by atoms with E-state index < -0.39 is 5.91 Å². The minimum absolute atomic E-state index is 0.108. The first-order valence-electron chi connectivity index (χ1n) is 7.99. The molecule has 0 spiro atoms. The van der Waals surface area contributed by atoms with Crippen molar-refractivity contribution in [2.75, 3.05) is 20.8 Å². The number of methoxy groups -OCH3 is 1. The summed E-state index contributed by atoms with van der Waals surface area (Å²) in [6.45, 7) is -0.314. The Labute approximate surface area is 146 Å². The molecular formula is C17H23ClN2O4. The fourth-order valence-electron chi connectivity index (χ4n) is 2.96. The normalized spacial score (nSPS) is 15.0. The number of halogens is 1. The van der Waals surface area contributed by atoms with Gasteiger partial charge >= 0.3 is 0 Å². The molecule has 0 saturated heterocycles. The number of hydrogen-bond acceptors (Lipinski definition) is 4. The molecule has 7 heteroatoms. The Balaban J connectivity index is 2.21. The van der Waals surface area contributed by atoms with Crippen LogP contribution in [0.2, 0.25) is 5.02 Å². The first kappa shape index (κ1) is 18.4. The van der Waals surface area contributed by atoms with E-state index in [4.69, 9.17) is 26.8 Å². The van der Waals surface area contributed by atoms with Crippen molar-refractivity contribution in [3.05, 3.63) is 22.7 Å². The fraction of sp³-hybridized carbons (Fsp3) is 0.529. The van der Waals surface area contributed by atoms with Gasteiger partial charge in [0, 0.05) is 18.7 Å². The minimum atomic E-state index is -0.620. The Hall–Kier alpha value is -1.95. The zero-order valence-electron chi connectivity index (χ0n) is 14.0. The van der Waals surface area contributed by atoms with Crippen molar-refractivity contribution in [3.63, 3.8) is 0 Å². The molecule has 1 aromatic rings. The molecule has 1 saturated carbocycles.